The Hall–Kier alpha value is -2.71. The van der Waals surface area contributed by atoms with Crippen molar-refractivity contribution in [3.05, 3.63) is 47.7 Å². The minimum absolute atomic E-state index is 0.216. The molecule has 110 valence electrons. The summed E-state index contributed by atoms with van der Waals surface area (Å²) in [5.41, 5.74) is 3.10. The highest BCUT2D eigenvalue weighted by atomic mass is 19.4. The molecule has 21 heavy (non-hydrogen) atoms. The van der Waals surface area contributed by atoms with Gasteiger partial charge in [0.2, 0.25) is 0 Å². The Labute approximate surface area is 115 Å². The second-order valence-electron chi connectivity index (χ2n) is 3.93. The summed E-state index contributed by atoms with van der Waals surface area (Å²) in [6, 6.07) is 3.40. The minimum atomic E-state index is -4.70. The van der Waals surface area contributed by atoms with E-state index in [-0.39, 0.29) is 5.69 Å². The van der Waals surface area contributed by atoms with Crippen LogP contribution in [0.5, 0.6) is 0 Å². The second kappa shape index (κ2) is 5.35. The first kappa shape index (κ1) is 14.7. The van der Waals surface area contributed by atoms with Crippen LogP contribution < -0.4 is 11.1 Å². The topological polar surface area (TPSA) is 80.9 Å². The third-order valence-electron chi connectivity index (χ3n) is 2.53. The molecule has 3 N–H and O–H groups in total. The molecule has 1 heterocycles. The predicted molar refractivity (Wildman–Crippen MR) is 65.2 cm³/mol. The molecule has 0 saturated carbocycles. The molecule has 0 aliphatic carbocycles. The van der Waals surface area contributed by atoms with Gasteiger partial charge < -0.3 is 11.1 Å². The number of aromatic nitrogens is 2. The quantitative estimate of drug-likeness (QED) is 0.853. The summed E-state index contributed by atoms with van der Waals surface area (Å²) in [5, 5.41) is 2.26. The standard InChI is InChI=1S/C12H8F4N4O/c13-7-2-1-3-8(9(7)10(17)21)20-11-6(12(14,15)16)4-18-5-19-11/h1-5H,(H2,17,21)(H,18,19,20). The van der Waals surface area contributed by atoms with Gasteiger partial charge in [-0.3, -0.25) is 4.79 Å². The number of carbonyl (C=O) groups is 1. The Kier molecular flexibility index (Phi) is 3.74. The molecule has 1 aromatic heterocycles. The maximum atomic E-state index is 13.5. The van der Waals surface area contributed by atoms with Crippen molar-refractivity contribution in [3.8, 4) is 0 Å². The molecule has 2 rings (SSSR count). The first-order chi connectivity index (χ1) is 9.80. The third kappa shape index (κ3) is 3.07. The van der Waals surface area contributed by atoms with Gasteiger partial charge in [0, 0.05) is 6.20 Å². The van der Waals surface area contributed by atoms with Gasteiger partial charge in [0.1, 0.15) is 23.5 Å². The number of nitrogens with two attached hydrogens (primary N) is 1. The van der Waals surface area contributed by atoms with Gasteiger partial charge in [0.05, 0.1) is 11.3 Å². The number of carbonyl (C=O) groups excluding carboxylic acids is 1. The SMILES string of the molecule is NC(=O)c1c(F)cccc1Nc1ncncc1C(F)(F)F. The number of amides is 1. The number of hydrogen-bond donors (Lipinski definition) is 2. The van der Waals surface area contributed by atoms with Gasteiger partial charge in [0.15, 0.2) is 0 Å². The fraction of sp³-hybridized carbons (Fsp3) is 0.0833. The van der Waals surface area contributed by atoms with Crippen LogP contribution in [0, 0.1) is 5.82 Å². The molecule has 0 atom stereocenters. The Morgan fingerprint density at radius 2 is 2.00 bits per heavy atom. The highest BCUT2D eigenvalue weighted by Gasteiger charge is 2.35. The fourth-order valence-electron chi connectivity index (χ4n) is 1.64. The van der Waals surface area contributed by atoms with E-state index in [0.29, 0.717) is 6.20 Å². The molecule has 0 bridgehead atoms. The Balaban J connectivity index is 2.50. The van der Waals surface area contributed by atoms with E-state index in [4.69, 9.17) is 5.73 Å². The predicted octanol–water partition coefficient (Wildman–Crippen LogP) is 2.48. The molecule has 1 aromatic carbocycles. The van der Waals surface area contributed by atoms with E-state index < -0.39 is 34.8 Å². The molecular weight excluding hydrogens is 292 g/mol. The van der Waals surface area contributed by atoms with Crippen molar-refractivity contribution in [2.45, 2.75) is 6.18 Å². The lowest BCUT2D eigenvalue weighted by Crippen LogP contribution is -2.17. The van der Waals surface area contributed by atoms with Crippen molar-refractivity contribution in [2.75, 3.05) is 5.32 Å². The van der Waals surface area contributed by atoms with Crippen LogP contribution in [0.3, 0.4) is 0 Å². The van der Waals surface area contributed by atoms with Crippen LogP contribution in [0.25, 0.3) is 0 Å². The van der Waals surface area contributed by atoms with E-state index in [0.717, 1.165) is 12.4 Å². The van der Waals surface area contributed by atoms with E-state index in [1.165, 1.54) is 12.1 Å². The van der Waals surface area contributed by atoms with Crippen LogP contribution >= 0.6 is 0 Å². The Bertz CT molecular complexity index is 687. The molecule has 0 aliphatic rings. The molecule has 0 radical (unpaired) electrons. The summed E-state index contributed by atoms with van der Waals surface area (Å²) in [6.07, 6.45) is -3.25. The van der Waals surface area contributed by atoms with Crippen molar-refractivity contribution in [3.63, 3.8) is 0 Å². The molecule has 0 saturated heterocycles. The van der Waals surface area contributed by atoms with Gasteiger partial charge in [-0.05, 0) is 12.1 Å². The van der Waals surface area contributed by atoms with Crippen LogP contribution in [0.4, 0.5) is 29.1 Å². The minimum Gasteiger partial charge on any atom is -0.365 e. The summed E-state index contributed by atoms with van der Waals surface area (Å²) >= 11 is 0. The van der Waals surface area contributed by atoms with Gasteiger partial charge in [-0.1, -0.05) is 6.07 Å². The highest BCUT2D eigenvalue weighted by Crippen LogP contribution is 2.34. The largest absolute Gasteiger partial charge is 0.421 e. The average molecular weight is 300 g/mol. The summed E-state index contributed by atoms with van der Waals surface area (Å²) in [4.78, 5) is 17.9. The molecule has 9 heteroatoms. The lowest BCUT2D eigenvalue weighted by molar-refractivity contribution is -0.137. The smallest absolute Gasteiger partial charge is 0.365 e. The zero-order chi connectivity index (χ0) is 15.6. The number of hydrogen-bond acceptors (Lipinski definition) is 4. The van der Waals surface area contributed by atoms with Crippen LogP contribution in [-0.4, -0.2) is 15.9 Å². The van der Waals surface area contributed by atoms with Gasteiger partial charge in [-0.15, -0.1) is 0 Å². The van der Waals surface area contributed by atoms with E-state index in [2.05, 4.69) is 15.3 Å². The number of nitrogens with one attached hydrogen (secondary N) is 1. The zero-order valence-electron chi connectivity index (χ0n) is 10.3. The number of benzene rings is 1. The number of rotatable bonds is 3. The van der Waals surface area contributed by atoms with Gasteiger partial charge in [-0.25, -0.2) is 14.4 Å². The first-order valence-electron chi connectivity index (χ1n) is 5.53. The molecule has 0 unspecified atom stereocenters. The summed E-state index contributed by atoms with van der Waals surface area (Å²) < 4.78 is 52.0. The lowest BCUT2D eigenvalue weighted by Gasteiger charge is -2.14. The number of nitrogens with zero attached hydrogens (tertiary/aromatic N) is 2. The van der Waals surface area contributed by atoms with E-state index >= 15 is 0 Å². The van der Waals surface area contributed by atoms with E-state index in [1.807, 2.05) is 0 Å². The monoisotopic (exact) mass is 300 g/mol. The lowest BCUT2D eigenvalue weighted by atomic mass is 10.1. The highest BCUT2D eigenvalue weighted by molar-refractivity contribution is 5.99. The van der Waals surface area contributed by atoms with E-state index in [1.54, 1.807) is 0 Å². The molecule has 2 aromatic rings. The van der Waals surface area contributed by atoms with Gasteiger partial charge in [-0.2, -0.15) is 13.2 Å². The Morgan fingerprint density at radius 3 is 2.62 bits per heavy atom. The van der Waals surface area contributed by atoms with Crippen LogP contribution in [0.1, 0.15) is 15.9 Å². The van der Waals surface area contributed by atoms with Crippen molar-refractivity contribution < 1.29 is 22.4 Å². The van der Waals surface area contributed by atoms with Gasteiger partial charge >= 0.3 is 6.18 Å². The number of halogens is 4. The van der Waals surface area contributed by atoms with Crippen LogP contribution in [0.2, 0.25) is 0 Å². The van der Waals surface area contributed by atoms with Crippen molar-refractivity contribution >= 4 is 17.4 Å². The molecule has 1 amide bonds. The Morgan fingerprint density at radius 1 is 1.29 bits per heavy atom. The van der Waals surface area contributed by atoms with Crippen LogP contribution in [0.15, 0.2) is 30.7 Å². The summed E-state index contributed by atoms with van der Waals surface area (Å²) in [6.45, 7) is 0. The summed E-state index contributed by atoms with van der Waals surface area (Å²) in [7, 11) is 0. The maximum Gasteiger partial charge on any atom is 0.421 e. The maximum absolute atomic E-state index is 13.5. The normalized spacial score (nSPS) is 11.2. The van der Waals surface area contributed by atoms with E-state index in [9.17, 15) is 22.4 Å². The van der Waals surface area contributed by atoms with Crippen molar-refractivity contribution in [2.24, 2.45) is 5.73 Å². The molecular formula is C12H8F4N4O. The first-order valence-corrected chi connectivity index (χ1v) is 5.53. The third-order valence-corrected chi connectivity index (χ3v) is 2.53. The zero-order valence-corrected chi connectivity index (χ0v) is 10.3. The molecule has 0 spiro atoms. The second-order valence-corrected chi connectivity index (χ2v) is 3.93. The summed E-state index contributed by atoms with van der Waals surface area (Å²) in [5.74, 6) is -2.67. The fourth-order valence-corrected chi connectivity index (χ4v) is 1.64. The number of anilines is 2. The molecule has 0 fully saturated rings. The van der Waals surface area contributed by atoms with Crippen molar-refractivity contribution in [1.82, 2.24) is 9.97 Å². The molecule has 0 aliphatic heterocycles. The van der Waals surface area contributed by atoms with Crippen LogP contribution in [-0.2, 0) is 6.18 Å². The van der Waals surface area contributed by atoms with Crippen molar-refractivity contribution in [1.29, 1.82) is 0 Å². The van der Waals surface area contributed by atoms with Gasteiger partial charge in [0.25, 0.3) is 5.91 Å². The number of alkyl halides is 3. The number of primary amides is 1. The molecule has 5 nitrogen and oxygen atoms in total. The average Bonchev–Trinajstić information content (AvgIpc) is 2.37.